The van der Waals surface area contributed by atoms with Crippen LogP contribution in [0.25, 0.3) is 132 Å². The molecule has 0 atom stereocenters. The second kappa shape index (κ2) is 34.6. The van der Waals surface area contributed by atoms with Gasteiger partial charge in [0.25, 0.3) is 0 Å². The minimum Gasteiger partial charge on any atom is -0.317 e. The predicted molar refractivity (Wildman–Crippen MR) is 573 cm³/mol. The van der Waals surface area contributed by atoms with Gasteiger partial charge in [-0.1, -0.05) is 252 Å². The monoisotopic (exact) mass is 1740 g/mol. The van der Waals surface area contributed by atoms with Crippen LogP contribution in [0.4, 0.5) is 51.2 Å². The van der Waals surface area contributed by atoms with Crippen LogP contribution in [0, 0.1) is 27.7 Å². The van der Waals surface area contributed by atoms with Crippen LogP contribution in [0.15, 0.2) is 455 Å². The Bertz CT molecular complexity index is 8300. The zero-order chi connectivity index (χ0) is 91.7. The lowest BCUT2D eigenvalue weighted by Gasteiger charge is -2.28. The minimum atomic E-state index is 0.0947. The minimum absolute atomic E-state index is 0.0947. The maximum Gasteiger partial charge on any atom is 0.0548 e. The molecule has 6 heterocycles. The van der Waals surface area contributed by atoms with E-state index in [9.17, 15) is 0 Å². The van der Waals surface area contributed by atoms with Crippen LogP contribution in [-0.2, 0) is 10.8 Å². The van der Waals surface area contributed by atoms with Gasteiger partial charge >= 0.3 is 0 Å². The lowest BCUT2D eigenvalue weighted by Crippen LogP contribution is -2.14. The summed E-state index contributed by atoms with van der Waals surface area (Å²) in [7, 11) is 0. The summed E-state index contributed by atoms with van der Waals surface area (Å²) in [6.45, 7) is 22.1. The first-order valence-electron chi connectivity index (χ1n) is 46.8. The van der Waals surface area contributed by atoms with Gasteiger partial charge in [0.05, 0.1) is 49.7 Å². The van der Waals surface area contributed by atoms with Gasteiger partial charge in [0.1, 0.15) is 0 Å². The molecule has 24 aromatic rings. The number of aryl methyl sites for hydroxylation is 4. The Morgan fingerprint density at radius 3 is 0.689 bits per heavy atom. The van der Waals surface area contributed by atoms with Crippen molar-refractivity contribution < 1.29 is 0 Å². The van der Waals surface area contributed by atoms with Gasteiger partial charge in [-0.25, -0.2) is 0 Å². The van der Waals surface area contributed by atoms with E-state index in [1.54, 1.807) is 0 Å². The summed E-state index contributed by atoms with van der Waals surface area (Å²) in [5.41, 5.74) is 35.9. The van der Waals surface area contributed by atoms with E-state index < -0.39 is 0 Å². The Kier molecular flexibility index (Phi) is 21.5. The molecule has 0 aliphatic rings. The molecule has 24 rings (SSSR count). The summed E-state index contributed by atoms with van der Waals surface area (Å²) in [4.78, 5) is 7.03. The van der Waals surface area contributed by atoms with Gasteiger partial charge in [0, 0.05) is 152 Å². The number of nitrogens with zero attached hydrogens (tertiary/aromatic N) is 9. The van der Waals surface area contributed by atoms with Gasteiger partial charge in [0.2, 0.25) is 0 Å². The molecule has 0 aliphatic carbocycles. The Morgan fingerprint density at radius 1 is 0.170 bits per heavy atom. The van der Waals surface area contributed by atoms with Crippen LogP contribution in [0.1, 0.15) is 74.9 Å². The van der Waals surface area contributed by atoms with Crippen LogP contribution in [0.2, 0.25) is 0 Å². The Balaban J connectivity index is 0.000000118. The fourth-order valence-electron chi connectivity index (χ4n) is 19.9. The van der Waals surface area contributed by atoms with Gasteiger partial charge in [0.15, 0.2) is 0 Å². The molecular weight excluding hydrogens is 1640 g/mol. The van der Waals surface area contributed by atoms with Crippen LogP contribution in [-0.4, -0.2) is 27.4 Å². The number of hydrogen-bond acceptors (Lipinski definition) is 3. The maximum absolute atomic E-state index is 2.41. The van der Waals surface area contributed by atoms with E-state index in [0.717, 1.165) is 68.2 Å². The fraction of sp³-hybridized carbons (Fsp3) is 0.0952. The Morgan fingerprint density at radius 2 is 0.400 bits per heavy atom. The lowest BCUT2D eigenvalue weighted by atomic mass is 9.86. The molecule has 0 amide bonds. The molecule has 0 saturated heterocycles. The Labute approximate surface area is 789 Å². The summed E-state index contributed by atoms with van der Waals surface area (Å²) < 4.78 is 14.1. The second-order valence-electron chi connectivity index (χ2n) is 37.8. The zero-order valence-electron chi connectivity index (χ0n) is 77.8. The normalized spacial score (nSPS) is 11.8. The molecule has 9 nitrogen and oxygen atoms in total. The first kappa shape index (κ1) is 84.0. The molecule has 0 aliphatic heterocycles. The molecule has 0 bridgehead atoms. The summed E-state index contributed by atoms with van der Waals surface area (Å²) in [6, 6.07) is 158. The predicted octanol–water partition coefficient (Wildman–Crippen LogP) is 34.4. The molecule has 9 heteroatoms. The molecule has 0 saturated carbocycles. The molecular formula is C126H105N9. The van der Waals surface area contributed by atoms with Crippen molar-refractivity contribution in [2.45, 2.75) is 80.1 Å². The number of benzene rings is 18. The number of anilines is 9. The van der Waals surface area contributed by atoms with E-state index in [-0.39, 0.29) is 10.8 Å². The highest BCUT2D eigenvalue weighted by atomic mass is 15.2. The van der Waals surface area contributed by atoms with Gasteiger partial charge in [-0.2, -0.15) is 0 Å². The van der Waals surface area contributed by atoms with Crippen LogP contribution >= 0.6 is 0 Å². The van der Waals surface area contributed by atoms with Crippen molar-refractivity contribution in [3.05, 3.63) is 489 Å². The number of aromatic nitrogens is 6. The van der Waals surface area contributed by atoms with Gasteiger partial charge in [-0.3, -0.25) is 0 Å². The zero-order valence-corrected chi connectivity index (χ0v) is 77.8. The second-order valence-corrected chi connectivity index (χ2v) is 37.8. The number of hydrogen-bond donors (Lipinski definition) is 0. The molecule has 18 aromatic carbocycles. The van der Waals surface area contributed by atoms with E-state index in [2.05, 4.69) is 567 Å². The Hall–Kier alpha value is -16.6. The average molecular weight is 1750 g/mol. The van der Waals surface area contributed by atoms with Crippen molar-refractivity contribution in [1.82, 2.24) is 27.4 Å². The highest BCUT2D eigenvalue weighted by Crippen LogP contribution is 2.47. The van der Waals surface area contributed by atoms with E-state index >= 15 is 0 Å². The maximum atomic E-state index is 2.41. The van der Waals surface area contributed by atoms with E-state index in [0.29, 0.717) is 0 Å². The van der Waals surface area contributed by atoms with Crippen molar-refractivity contribution in [1.29, 1.82) is 0 Å². The van der Waals surface area contributed by atoms with Crippen LogP contribution < -0.4 is 14.7 Å². The first-order chi connectivity index (χ1) is 65.9. The first-order valence-corrected chi connectivity index (χ1v) is 46.8. The lowest BCUT2D eigenvalue weighted by molar-refractivity contribution is 0.590. The molecule has 0 fully saturated rings. The van der Waals surface area contributed by atoms with Crippen molar-refractivity contribution in [3.63, 3.8) is 0 Å². The van der Waals surface area contributed by atoms with Gasteiger partial charge < -0.3 is 42.1 Å². The summed E-state index contributed by atoms with van der Waals surface area (Å²) >= 11 is 0. The van der Waals surface area contributed by atoms with Crippen molar-refractivity contribution in [2.24, 2.45) is 0 Å². The standard InChI is InChI=1S/C46H43N3.2C40H31N3/c1-45(2,3)32-16-20-35(21-17-32)48(36-22-18-33(19-23-36)46(4,5)6)37-24-26-38(27-25-37)49-42-15-11-10-14-39(42)44-40-30-31-47(34-12-8-7-9-13-34)41(40)28-29-43(44)49;1-28-15-19-31(20-16-28)42(32-21-17-29(2)18-22-32)33-11-8-12-34(27-33)43-38-14-7-6-13-35(38)40-36-25-26-41(30-9-4-3-5-10-30)37(36)23-24-39(40)43;1-28-12-16-31(17-13-28)42(32-18-14-29(2)15-19-32)33-20-22-34(23-21-33)43-38-11-7-6-10-35(38)40-36-26-27-41(30-8-4-3-5-9-30)37(36)24-25-39(40)43/h7-31H,1-6H3;2*3-27H,1-2H3. The van der Waals surface area contributed by atoms with E-state index in [1.807, 2.05) is 0 Å². The topological polar surface area (TPSA) is 39.3 Å². The smallest absolute Gasteiger partial charge is 0.0548 e. The average Bonchev–Trinajstić information content (AvgIpc) is 1.57. The molecule has 135 heavy (non-hydrogen) atoms. The summed E-state index contributed by atoms with van der Waals surface area (Å²) in [5.74, 6) is 0. The number of para-hydroxylation sites is 6. The summed E-state index contributed by atoms with van der Waals surface area (Å²) in [5, 5.41) is 11.4. The third-order valence-electron chi connectivity index (χ3n) is 26.8. The number of fused-ring (bicyclic) bond motifs is 15. The molecule has 0 unspecified atom stereocenters. The molecule has 0 radical (unpaired) electrons. The van der Waals surface area contributed by atoms with Gasteiger partial charge in [-0.15, -0.1) is 0 Å². The van der Waals surface area contributed by atoms with E-state index in [1.165, 1.54) is 149 Å². The fourth-order valence-corrected chi connectivity index (χ4v) is 19.9. The van der Waals surface area contributed by atoms with Crippen LogP contribution in [0.5, 0.6) is 0 Å². The highest BCUT2D eigenvalue weighted by Gasteiger charge is 2.26. The van der Waals surface area contributed by atoms with Gasteiger partial charge in [-0.05, 0) is 298 Å². The van der Waals surface area contributed by atoms with Crippen molar-refractivity contribution in [3.8, 4) is 34.1 Å². The third-order valence-corrected chi connectivity index (χ3v) is 26.8. The van der Waals surface area contributed by atoms with Crippen LogP contribution in [0.3, 0.4) is 0 Å². The van der Waals surface area contributed by atoms with Crippen molar-refractivity contribution in [2.75, 3.05) is 14.7 Å². The number of rotatable bonds is 15. The van der Waals surface area contributed by atoms with Crippen molar-refractivity contribution >= 4 is 149 Å². The SMILES string of the molecule is CC(C)(C)c1ccc(N(c2ccc(-n3c4ccccc4c4c5ccn(-c6ccccc6)c5ccc43)cc2)c2ccc(C(C)(C)C)cc2)cc1.Cc1ccc(N(c2ccc(C)cc2)c2ccc(-n3c4ccccc4c4c5ccn(-c6ccccc6)c5ccc43)cc2)cc1.Cc1ccc(N(c2ccc(C)cc2)c2cccc(-n3c4ccccc4c4c5ccn(-c6ccccc6)c5ccc43)c2)cc1. The third kappa shape index (κ3) is 15.6. The molecule has 0 spiro atoms. The van der Waals surface area contributed by atoms with E-state index in [4.69, 9.17) is 0 Å². The summed E-state index contributed by atoms with van der Waals surface area (Å²) in [6.07, 6.45) is 6.56. The molecule has 0 N–H and O–H groups in total. The highest BCUT2D eigenvalue weighted by molar-refractivity contribution is 6.24. The molecule has 654 valence electrons. The molecule has 6 aromatic heterocycles. The quantitative estimate of drug-likeness (QED) is 0.103. The largest absolute Gasteiger partial charge is 0.317 e.